The number of nitrogens with one attached hydrogen (secondary N) is 2. The van der Waals surface area contributed by atoms with Gasteiger partial charge in [0.05, 0.1) is 10.9 Å². The van der Waals surface area contributed by atoms with Crippen LogP contribution < -0.4 is 16.1 Å². The van der Waals surface area contributed by atoms with E-state index in [-0.39, 0.29) is 17.6 Å². The van der Waals surface area contributed by atoms with E-state index in [0.29, 0.717) is 33.9 Å². The van der Waals surface area contributed by atoms with Gasteiger partial charge in [0, 0.05) is 29.8 Å². The summed E-state index contributed by atoms with van der Waals surface area (Å²) in [5.74, 6) is 0.0878. The summed E-state index contributed by atoms with van der Waals surface area (Å²) in [7, 11) is 0. The molecule has 0 bridgehead atoms. The molecule has 2 aromatic heterocycles. The molecule has 1 aliphatic rings. The van der Waals surface area contributed by atoms with Gasteiger partial charge < -0.3 is 15.1 Å². The van der Waals surface area contributed by atoms with Crippen LogP contribution >= 0.6 is 0 Å². The first-order valence-electron chi connectivity index (χ1n) is 8.96. The minimum absolute atomic E-state index is 0.0351. The standard InChI is InChI=1S/C19H20FN5O3/c1-10-14(17(26)21-8-11-7-12(25-27)3-4-13(11)20)15-16(24-19(2)5-6-19)22-9-23-18(15)28-10/h3-4,7,9,25,27H,5-6,8H2,1-2H3,(H,21,26)(H,22,23,24)/p+1. The molecule has 0 spiro atoms. The van der Waals surface area contributed by atoms with Crippen molar-refractivity contribution in [1.29, 1.82) is 0 Å². The number of aryl methyl sites for hydroxylation is 1. The van der Waals surface area contributed by atoms with Crippen LogP contribution in [-0.2, 0) is 6.54 Å². The number of furan rings is 1. The number of benzene rings is 1. The average molecular weight is 386 g/mol. The second kappa shape index (κ2) is 6.84. The maximum atomic E-state index is 14.0. The number of aromatic nitrogens is 2. The zero-order valence-electron chi connectivity index (χ0n) is 15.5. The maximum absolute atomic E-state index is 14.0. The van der Waals surface area contributed by atoms with Crippen molar-refractivity contribution in [2.45, 2.75) is 38.8 Å². The third-order valence-corrected chi connectivity index (χ3v) is 4.97. The van der Waals surface area contributed by atoms with E-state index in [0.717, 1.165) is 18.3 Å². The molecule has 1 aliphatic carbocycles. The molecule has 0 saturated heterocycles. The summed E-state index contributed by atoms with van der Waals surface area (Å²) < 4.78 is 19.6. The van der Waals surface area contributed by atoms with Crippen molar-refractivity contribution in [3.8, 4) is 0 Å². The third-order valence-electron chi connectivity index (χ3n) is 4.97. The molecule has 28 heavy (non-hydrogen) atoms. The number of carbonyl (C=O) groups excluding carboxylic acids is 1. The molecule has 1 saturated carbocycles. The number of hydrogen-bond donors (Lipinski definition) is 4. The van der Waals surface area contributed by atoms with E-state index in [1.54, 1.807) is 6.92 Å². The zero-order chi connectivity index (χ0) is 19.9. The van der Waals surface area contributed by atoms with Crippen molar-refractivity contribution in [3.05, 3.63) is 47.2 Å². The second-order valence-electron chi connectivity index (χ2n) is 7.28. The lowest BCUT2D eigenvalue weighted by atomic mass is 10.1. The first-order valence-corrected chi connectivity index (χ1v) is 8.96. The normalized spacial score (nSPS) is 14.9. The second-order valence-corrected chi connectivity index (χ2v) is 7.28. The van der Waals surface area contributed by atoms with Gasteiger partial charge in [-0.15, -0.1) is 0 Å². The fourth-order valence-corrected chi connectivity index (χ4v) is 3.09. The molecule has 146 valence electrons. The molecule has 4 rings (SSSR count). The van der Waals surface area contributed by atoms with Crippen LogP contribution in [0.15, 0.2) is 28.9 Å². The number of nitrogens with zero attached hydrogens (tertiary/aromatic N) is 2. The highest BCUT2D eigenvalue weighted by molar-refractivity contribution is 6.10. The first kappa shape index (κ1) is 18.3. The molecule has 0 radical (unpaired) electrons. The Morgan fingerprint density at radius 3 is 2.89 bits per heavy atom. The zero-order valence-corrected chi connectivity index (χ0v) is 15.5. The highest BCUT2D eigenvalue weighted by Crippen LogP contribution is 2.40. The number of fused-ring (bicyclic) bond motifs is 1. The van der Waals surface area contributed by atoms with Crippen LogP contribution in [0.25, 0.3) is 11.1 Å². The number of quaternary nitrogens is 1. The minimum Gasteiger partial charge on any atom is -0.442 e. The largest absolute Gasteiger partial charge is 0.442 e. The molecule has 1 amide bonds. The molecule has 8 nitrogen and oxygen atoms in total. The van der Waals surface area contributed by atoms with Crippen molar-refractivity contribution in [3.63, 3.8) is 0 Å². The number of carbonyl (C=O) groups is 1. The van der Waals surface area contributed by atoms with Crippen molar-refractivity contribution < 1.29 is 24.3 Å². The summed E-state index contributed by atoms with van der Waals surface area (Å²) in [5.41, 5.74) is 2.21. The molecule has 0 aliphatic heterocycles. The Morgan fingerprint density at radius 1 is 1.39 bits per heavy atom. The van der Waals surface area contributed by atoms with E-state index in [2.05, 4.69) is 27.5 Å². The van der Waals surface area contributed by atoms with Crippen LogP contribution in [0.2, 0.25) is 0 Å². The summed E-state index contributed by atoms with van der Waals surface area (Å²) in [5, 5.41) is 15.7. The average Bonchev–Trinajstić information content (AvgIpc) is 3.29. The van der Waals surface area contributed by atoms with Gasteiger partial charge in [-0.2, -0.15) is 5.48 Å². The maximum Gasteiger partial charge on any atom is 0.255 e. The van der Waals surface area contributed by atoms with Gasteiger partial charge in [-0.1, -0.05) is 0 Å². The molecule has 2 heterocycles. The highest BCUT2D eigenvalue weighted by Gasteiger charge is 2.38. The predicted octanol–water partition coefficient (Wildman–Crippen LogP) is 2.15. The van der Waals surface area contributed by atoms with Crippen molar-refractivity contribution >= 4 is 28.5 Å². The topological polar surface area (TPSA) is 117 Å². The number of halogens is 1. The summed E-state index contributed by atoms with van der Waals surface area (Å²) in [6, 6.07) is 4.16. The molecular formula is C19H21FN5O3+. The van der Waals surface area contributed by atoms with Crippen molar-refractivity contribution in [1.82, 2.24) is 15.3 Å². The van der Waals surface area contributed by atoms with E-state index >= 15 is 0 Å². The predicted molar refractivity (Wildman–Crippen MR) is 98.7 cm³/mol. The van der Waals surface area contributed by atoms with Crippen LogP contribution in [-0.4, -0.2) is 26.6 Å². The van der Waals surface area contributed by atoms with Gasteiger partial charge in [0.1, 0.15) is 23.7 Å². The molecule has 9 heteroatoms. The smallest absolute Gasteiger partial charge is 0.255 e. The molecule has 1 fully saturated rings. The molecular weight excluding hydrogens is 365 g/mol. The summed E-state index contributed by atoms with van der Waals surface area (Å²) in [6.45, 7) is 3.73. The van der Waals surface area contributed by atoms with E-state index in [1.165, 1.54) is 24.5 Å². The number of anilines is 1. The summed E-state index contributed by atoms with van der Waals surface area (Å²) >= 11 is 0. The SMILES string of the molecule is Cc1oc2ncnc(NC3(C)CC3)c2c1C(=O)NCc1cc([NH2+]O)ccc1F. The number of rotatable bonds is 6. The molecule has 5 N–H and O–H groups in total. The third kappa shape index (κ3) is 3.41. The van der Waals surface area contributed by atoms with Gasteiger partial charge in [-0.25, -0.2) is 19.6 Å². The Morgan fingerprint density at radius 2 is 2.18 bits per heavy atom. The Bertz CT molecular complexity index is 1060. The molecule has 0 atom stereocenters. The molecule has 0 unspecified atom stereocenters. The highest BCUT2D eigenvalue weighted by atomic mass is 19.1. The van der Waals surface area contributed by atoms with E-state index in [4.69, 9.17) is 9.62 Å². The Kier molecular flexibility index (Phi) is 4.48. The number of hydrogen-bond acceptors (Lipinski definition) is 6. The van der Waals surface area contributed by atoms with Crippen LogP contribution in [0, 0.1) is 12.7 Å². The van der Waals surface area contributed by atoms with E-state index in [1.807, 2.05) is 0 Å². The van der Waals surface area contributed by atoms with Crippen LogP contribution in [0.3, 0.4) is 0 Å². The lowest BCUT2D eigenvalue weighted by molar-refractivity contribution is -0.825. The van der Waals surface area contributed by atoms with Crippen LogP contribution in [0.1, 0.15) is 41.4 Å². The van der Waals surface area contributed by atoms with E-state index < -0.39 is 11.7 Å². The molecule has 3 aromatic rings. The van der Waals surface area contributed by atoms with E-state index in [9.17, 15) is 9.18 Å². The van der Waals surface area contributed by atoms with Crippen molar-refractivity contribution in [2.24, 2.45) is 0 Å². The van der Waals surface area contributed by atoms with Gasteiger partial charge in [0.15, 0.2) is 5.69 Å². The van der Waals surface area contributed by atoms with Gasteiger partial charge in [-0.05, 0) is 32.8 Å². The lowest BCUT2D eigenvalue weighted by Crippen LogP contribution is -2.73. The summed E-state index contributed by atoms with van der Waals surface area (Å²) in [4.78, 5) is 21.3. The first-order chi connectivity index (χ1) is 13.4. The van der Waals surface area contributed by atoms with Gasteiger partial charge in [0.25, 0.3) is 5.91 Å². The van der Waals surface area contributed by atoms with Gasteiger partial charge in [0.2, 0.25) is 5.71 Å². The van der Waals surface area contributed by atoms with Gasteiger partial charge in [-0.3, -0.25) is 4.79 Å². The number of amides is 1. The Balaban J connectivity index is 1.63. The Hall–Kier alpha value is -3.04. The lowest BCUT2D eigenvalue weighted by Gasteiger charge is -2.13. The van der Waals surface area contributed by atoms with Crippen molar-refractivity contribution in [2.75, 3.05) is 5.32 Å². The van der Waals surface area contributed by atoms with Crippen LogP contribution in [0.5, 0.6) is 0 Å². The monoisotopic (exact) mass is 386 g/mol. The fourth-order valence-electron chi connectivity index (χ4n) is 3.09. The fraction of sp³-hybridized carbons (Fsp3) is 0.316. The minimum atomic E-state index is -0.466. The van der Waals surface area contributed by atoms with Gasteiger partial charge >= 0.3 is 0 Å². The molecule has 1 aromatic carbocycles. The van der Waals surface area contributed by atoms with Crippen LogP contribution in [0.4, 0.5) is 15.9 Å². The quantitative estimate of drug-likeness (QED) is 0.381. The Labute approximate surface area is 160 Å². The number of nitrogens with two attached hydrogens (primary N) is 1. The summed E-state index contributed by atoms with van der Waals surface area (Å²) in [6.07, 6.45) is 3.44.